The van der Waals surface area contributed by atoms with Crippen molar-refractivity contribution in [2.75, 3.05) is 11.6 Å². The minimum Gasteiger partial charge on any atom is -0.493 e. The number of benzene rings is 2. The Bertz CT molecular complexity index is 1050. The summed E-state index contributed by atoms with van der Waals surface area (Å²) in [5.74, 6) is 1.31. The third-order valence-corrected chi connectivity index (χ3v) is 5.14. The average molecular weight is 402 g/mol. The van der Waals surface area contributed by atoms with Crippen molar-refractivity contribution in [2.24, 2.45) is 5.10 Å². The summed E-state index contributed by atoms with van der Waals surface area (Å²) in [6, 6.07) is 16.7. The molecule has 4 rings (SSSR count). The summed E-state index contributed by atoms with van der Waals surface area (Å²) in [6.07, 6.45) is 6.31. The van der Waals surface area contributed by atoms with Gasteiger partial charge in [-0.2, -0.15) is 5.10 Å². The predicted octanol–water partition coefficient (Wildman–Crippen LogP) is 4.57. The first-order valence-electron chi connectivity index (χ1n) is 10.2. The van der Waals surface area contributed by atoms with Crippen LogP contribution in [0.1, 0.15) is 36.5 Å². The van der Waals surface area contributed by atoms with Crippen molar-refractivity contribution in [1.29, 1.82) is 0 Å². The summed E-state index contributed by atoms with van der Waals surface area (Å²) < 4.78 is 6.16. The van der Waals surface area contributed by atoms with E-state index >= 15 is 0 Å². The molecule has 0 fully saturated rings. The fourth-order valence-corrected chi connectivity index (χ4v) is 3.69. The molecule has 154 valence electrons. The average Bonchev–Trinajstić information content (AvgIpc) is 3.28. The lowest BCUT2D eigenvalue weighted by molar-refractivity contribution is 0.322. The van der Waals surface area contributed by atoms with Gasteiger partial charge in [-0.05, 0) is 59.4 Å². The van der Waals surface area contributed by atoms with Crippen molar-refractivity contribution in [3.63, 3.8) is 0 Å². The first-order chi connectivity index (χ1) is 14.6. The Balaban J connectivity index is 1.50. The van der Waals surface area contributed by atoms with E-state index in [1.54, 1.807) is 6.34 Å². The highest BCUT2D eigenvalue weighted by Crippen LogP contribution is 2.31. The fourth-order valence-electron chi connectivity index (χ4n) is 3.69. The van der Waals surface area contributed by atoms with Crippen LogP contribution in [0.4, 0.5) is 5.69 Å². The Labute approximate surface area is 177 Å². The number of anilines is 1. The molecule has 0 unspecified atom stereocenters. The summed E-state index contributed by atoms with van der Waals surface area (Å²) in [6.45, 7) is 7.10. The number of hydrazone groups is 1. The van der Waals surface area contributed by atoms with Gasteiger partial charge in [0.15, 0.2) is 0 Å². The van der Waals surface area contributed by atoms with Gasteiger partial charge in [0, 0.05) is 24.4 Å². The second-order valence-corrected chi connectivity index (χ2v) is 7.72. The molecule has 6 heteroatoms. The number of hydrogen-bond donors (Lipinski definition) is 2. The number of pyridine rings is 1. The molecule has 0 spiro atoms. The standard InChI is InChI=1S/C24H27N5O/c1-17(2)22-8-10-25-15-23(22)20-12-18(3)13-21(14-20)30-11-9-19-6-4-5-7-24(19)29-16-26-27-28-29/h4-8,10,12-17,27-28H,9,11H2,1-3H3. The molecule has 0 atom stereocenters. The van der Waals surface area contributed by atoms with Crippen LogP contribution >= 0.6 is 0 Å². The maximum Gasteiger partial charge on any atom is 0.133 e. The molecule has 30 heavy (non-hydrogen) atoms. The van der Waals surface area contributed by atoms with Crippen molar-refractivity contribution in [3.05, 3.63) is 77.6 Å². The summed E-state index contributed by atoms with van der Waals surface area (Å²) in [5.41, 5.74) is 12.7. The molecule has 0 amide bonds. The number of aromatic nitrogens is 1. The Morgan fingerprint density at radius 2 is 1.97 bits per heavy atom. The van der Waals surface area contributed by atoms with Gasteiger partial charge in [-0.3, -0.25) is 4.98 Å². The third kappa shape index (κ3) is 4.44. The molecule has 2 aromatic carbocycles. The first-order valence-corrected chi connectivity index (χ1v) is 10.2. The minimum absolute atomic E-state index is 0.432. The second-order valence-electron chi connectivity index (χ2n) is 7.72. The molecule has 1 aliphatic heterocycles. The van der Waals surface area contributed by atoms with Crippen molar-refractivity contribution in [3.8, 4) is 16.9 Å². The van der Waals surface area contributed by atoms with Crippen LogP contribution in [0.25, 0.3) is 11.1 Å². The number of ether oxygens (including phenoxy) is 1. The molecule has 6 nitrogen and oxygen atoms in total. The Morgan fingerprint density at radius 1 is 1.10 bits per heavy atom. The van der Waals surface area contributed by atoms with Gasteiger partial charge in [0.2, 0.25) is 0 Å². The summed E-state index contributed by atoms with van der Waals surface area (Å²) in [4.78, 5) is 4.35. The van der Waals surface area contributed by atoms with E-state index in [1.165, 1.54) is 22.3 Å². The highest BCUT2D eigenvalue weighted by atomic mass is 16.5. The van der Waals surface area contributed by atoms with Crippen molar-refractivity contribution in [2.45, 2.75) is 33.1 Å². The zero-order valence-corrected chi connectivity index (χ0v) is 17.6. The lowest BCUT2D eigenvalue weighted by Crippen LogP contribution is -2.37. The molecule has 2 heterocycles. The lowest BCUT2D eigenvalue weighted by atomic mass is 9.93. The normalized spacial score (nSPS) is 13.0. The summed E-state index contributed by atoms with van der Waals surface area (Å²) >= 11 is 0. The van der Waals surface area contributed by atoms with Gasteiger partial charge in [-0.1, -0.05) is 38.1 Å². The van der Waals surface area contributed by atoms with Gasteiger partial charge in [-0.25, -0.2) is 10.5 Å². The highest BCUT2D eigenvalue weighted by molar-refractivity contribution is 5.80. The molecular weight excluding hydrogens is 374 g/mol. The largest absolute Gasteiger partial charge is 0.493 e. The Kier molecular flexibility index (Phi) is 5.95. The molecule has 0 bridgehead atoms. The van der Waals surface area contributed by atoms with Gasteiger partial charge in [0.1, 0.15) is 12.1 Å². The molecule has 0 aliphatic carbocycles. The smallest absolute Gasteiger partial charge is 0.133 e. The SMILES string of the molecule is Cc1cc(OCCc2ccccc2N2C=NNN2)cc(-c2cnccc2C(C)C)c1. The maximum atomic E-state index is 6.16. The monoisotopic (exact) mass is 401 g/mol. The van der Waals surface area contributed by atoms with Crippen LogP contribution in [0.15, 0.2) is 66.0 Å². The van der Waals surface area contributed by atoms with E-state index in [1.807, 2.05) is 29.5 Å². The Morgan fingerprint density at radius 3 is 2.77 bits per heavy atom. The molecule has 0 saturated carbocycles. The van der Waals surface area contributed by atoms with Crippen LogP contribution in [0.5, 0.6) is 5.75 Å². The van der Waals surface area contributed by atoms with Crippen LogP contribution in [0.2, 0.25) is 0 Å². The molecule has 2 N–H and O–H groups in total. The van der Waals surface area contributed by atoms with Crippen molar-refractivity contribution >= 4 is 12.0 Å². The third-order valence-electron chi connectivity index (χ3n) is 5.14. The zero-order valence-electron chi connectivity index (χ0n) is 17.6. The lowest BCUT2D eigenvalue weighted by Gasteiger charge is -2.18. The van der Waals surface area contributed by atoms with Crippen LogP contribution in [0.3, 0.4) is 0 Å². The van der Waals surface area contributed by atoms with E-state index in [0.717, 1.165) is 23.4 Å². The van der Waals surface area contributed by atoms with Crippen LogP contribution in [-0.4, -0.2) is 17.9 Å². The van der Waals surface area contributed by atoms with E-state index in [4.69, 9.17) is 4.74 Å². The van der Waals surface area contributed by atoms with E-state index in [2.05, 4.69) is 78.3 Å². The molecule has 0 radical (unpaired) electrons. The van der Waals surface area contributed by atoms with E-state index in [9.17, 15) is 0 Å². The van der Waals surface area contributed by atoms with Crippen LogP contribution < -0.4 is 20.8 Å². The second kappa shape index (κ2) is 8.97. The van der Waals surface area contributed by atoms with Crippen molar-refractivity contribution < 1.29 is 4.74 Å². The van der Waals surface area contributed by atoms with Crippen molar-refractivity contribution in [1.82, 2.24) is 16.1 Å². The van der Waals surface area contributed by atoms with Gasteiger partial charge >= 0.3 is 0 Å². The summed E-state index contributed by atoms with van der Waals surface area (Å²) in [5, 5.41) is 5.84. The molecule has 1 aromatic heterocycles. The van der Waals surface area contributed by atoms with Gasteiger partial charge in [-0.15, -0.1) is 5.53 Å². The zero-order chi connectivity index (χ0) is 20.9. The number of para-hydroxylation sites is 1. The fraction of sp³-hybridized carbons (Fsp3) is 0.250. The number of rotatable bonds is 7. The predicted molar refractivity (Wildman–Crippen MR) is 121 cm³/mol. The number of nitrogens with zero attached hydrogens (tertiary/aromatic N) is 3. The number of hydrazine groups is 2. The van der Waals surface area contributed by atoms with E-state index < -0.39 is 0 Å². The number of aryl methyl sites for hydroxylation is 1. The highest BCUT2D eigenvalue weighted by Gasteiger charge is 2.13. The van der Waals surface area contributed by atoms with Gasteiger partial charge in [0.05, 0.1) is 12.3 Å². The molecule has 1 aliphatic rings. The first kappa shape index (κ1) is 19.9. The minimum atomic E-state index is 0.432. The van der Waals surface area contributed by atoms with E-state index in [-0.39, 0.29) is 0 Å². The summed E-state index contributed by atoms with van der Waals surface area (Å²) in [7, 11) is 0. The molecule has 3 aromatic rings. The number of hydrogen-bond acceptors (Lipinski definition) is 6. The van der Waals surface area contributed by atoms with Gasteiger partial charge in [0.25, 0.3) is 0 Å². The van der Waals surface area contributed by atoms with Crippen LogP contribution in [-0.2, 0) is 6.42 Å². The quantitative estimate of drug-likeness (QED) is 0.607. The topological polar surface area (TPSA) is 61.8 Å². The molecule has 0 saturated heterocycles. The van der Waals surface area contributed by atoms with Crippen LogP contribution in [0, 0.1) is 6.92 Å². The maximum absolute atomic E-state index is 6.16. The Hall–Kier alpha value is -3.38. The van der Waals surface area contributed by atoms with E-state index in [0.29, 0.717) is 12.5 Å². The number of nitrogens with one attached hydrogen (secondary N) is 2. The molecular formula is C24H27N5O. The van der Waals surface area contributed by atoms with Gasteiger partial charge < -0.3 is 4.74 Å².